The zero-order valence-corrected chi connectivity index (χ0v) is 16.0. The Morgan fingerprint density at radius 3 is 2.96 bits per heavy atom. The zero-order chi connectivity index (χ0) is 19.2. The molecule has 0 saturated heterocycles. The number of amides is 1. The lowest BCUT2D eigenvalue weighted by molar-refractivity contribution is -0.120. The van der Waals surface area contributed by atoms with E-state index in [1.54, 1.807) is 12.1 Å². The van der Waals surface area contributed by atoms with Gasteiger partial charge in [0.25, 0.3) is 0 Å². The van der Waals surface area contributed by atoms with Gasteiger partial charge in [-0.1, -0.05) is 31.5 Å². The largest absolute Gasteiger partial charge is 0.547 e. The number of para-hydroxylation sites is 1. The van der Waals surface area contributed by atoms with Crippen molar-refractivity contribution >= 4 is 30.3 Å². The van der Waals surface area contributed by atoms with Crippen molar-refractivity contribution in [3.63, 3.8) is 0 Å². The second kappa shape index (κ2) is 9.06. The molecule has 2 heterocycles. The molecule has 8 heteroatoms. The van der Waals surface area contributed by atoms with Gasteiger partial charge in [0.1, 0.15) is 11.3 Å². The molecule has 1 aromatic heterocycles. The van der Waals surface area contributed by atoms with Gasteiger partial charge >= 0.3 is 13.1 Å². The molecule has 1 atom stereocenters. The molecule has 0 radical (unpaired) electrons. The second-order valence-corrected chi connectivity index (χ2v) is 7.46. The Balaban J connectivity index is 1.67. The van der Waals surface area contributed by atoms with Gasteiger partial charge in [0, 0.05) is 4.88 Å². The molecule has 0 aliphatic carbocycles. The Kier molecular flexibility index (Phi) is 6.52. The first-order chi connectivity index (χ1) is 13.1. The maximum Gasteiger partial charge on any atom is 0.547 e. The van der Waals surface area contributed by atoms with Crippen LogP contribution >= 0.6 is 11.3 Å². The lowest BCUT2D eigenvalue weighted by atomic mass is 9.72. The van der Waals surface area contributed by atoms with Crippen LogP contribution in [0.2, 0.25) is 0 Å². The third-order valence-electron chi connectivity index (χ3n) is 4.33. The van der Waals surface area contributed by atoms with Gasteiger partial charge in [-0.25, -0.2) is 4.79 Å². The first kappa shape index (κ1) is 19.4. The summed E-state index contributed by atoms with van der Waals surface area (Å²) in [6.07, 6.45) is 2.37. The van der Waals surface area contributed by atoms with Gasteiger partial charge in [-0.05, 0) is 35.9 Å². The molecule has 0 spiro atoms. The fraction of sp³-hybridized carbons (Fsp3) is 0.368. The second-order valence-electron chi connectivity index (χ2n) is 6.43. The molecule has 1 aliphatic heterocycles. The summed E-state index contributed by atoms with van der Waals surface area (Å²) in [7, 11) is -1.23. The van der Waals surface area contributed by atoms with Crippen LogP contribution in [0.3, 0.4) is 0 Å². The molecule has 1 amide bonds. The molecule has 27 heavy (non-hydrogen) atoms. The van der Waals surface area contributed by atoms with Crippen LogP contribution in [0.4, 0.5) is 0 Å². The maximum atomic E-state index is 12.3. The quantitative estimate of drug-likeness (QED) is 0.433. The Hall–Kier alpha value is -2.32. The van der Waals surface area contributed by atoms with Crippen LogP contribution in [0.1, 0.15) is 40.6 Å². The Morgan fingerprint density at radius 2 is 2.22 bits per heavy atom. The Bertz CT molecular complexity index is 795. The van der Waals surface area contributed by atoms with Crippen LogP contribution in [0.15, 0.2) is 35.7 Å². The molecule has 3 rings (SSSR count). The number of rotatable bonds is 7. The van der Waals surface area contributed by atoms with E-state index in [2.05, 4.69) is 5.32 Å². The van der Waals surface area contributed by atoms with Crippen molar-refractivity contribution in [1.82, 2.24) is 5.32 Å². The molecule has 142 valence electrons. The molecule has 6 nitrogen and oxygen atoms in total. The molecule has 0 unspecified atom stereocenters. The van der Waals surface area contributed by atoms with E-state index >= 15 is 0 Å². The number of carbonyl (C=O) groups excluding carboxylic acids is 2. The molecule has 1 aliphatic rings. The summed E-state index contributed by atoms with van der Waals surface area (Å²) in [5.41, 5.74) is 1.05. The first-order valence-electron chi connectivity index (χ1n) is 9.04. The minimum Gasteiger partial charge on any atom is -0.534 e. The standard InChI is InChI=1S/C19H22BNO5S/c1-2-3-9-25-19(23)15-8-4-6-13-11-16(20(24)26-18(13)15)21-17(22)12-14-7-5-10-27-14/h4-8,10,16,24H,2-3,9,11-12H2,1H3,(H,21,22)/t16-/m0/s1. The molecular weight excluding hydrogens is 365 g/mol. The number of benzene rings is 1. The van der Waals surface area contributed by atoms with E-state index in [9.17, 15) is 14.6 Å². The molecule has 0 bridgehead atoms. The van der Waals surface area contributed by atoms with Crippen molar-refractivity contribution in [3.05, 3.63) is 51.7 Å². The number of nitrogens with one attached hydrogen (secondary N) is 1. The molecule has 2 N–H and O–H groups in total. The fourth-order valence-electron chi connectivity index (χ4n) is 2.92. The number of hydrogen-bond donors (Lipinski definition) is 2. The lowest BCUT2D eigenvalue weighted by Crippen LogP contribution is -2.53. The Labute approximate surface area is 162 Å². The predicted octanol–water partition coefficient (Wildman–Crippen LogP) is 2.39. The van der Waals surface area contributed by atoms with Gasteiger partial charge in [-0.2, -0.15) is 0 Å². The number of esters is 1. The highest BCUT2D eigenvalue weighted by Gasteiger charge is 2.37. The molecule has 0 saturated carbocycles. The smallest absolute Gasteiger partial charge is 0.534 e. The van der Waals surface area contributed by atoms with Crippen LogP contribution in [0.5, 0.6) is 5.75 Å². The lowest BCUT2D eigenvalue weighted by Gasteiger charge is -2.29. The fourth-order valence-corrected chi connectivity index (χ4v) is 3.63. The number of carbonyl (C=O) groups is 2. The van der Waals surface area contributed by atoms with Crippen LogP contribution in [0.25, 0.3) is 0 Å². The molecule has 2 aromatic rings. The van der Waals surface area contributed by atoms with E-state index in [-0.39, 0.29) is 12.3 Å². The topological polar surface area (TPSA) is 84.9 Å². The number of fused-ring (bicyclic) bond motifs is 1. The molecular formula is C19H22BNO5S. The highest BCUT2D eigenvalue weighted by Crippen LogP contribution is 2.30. The number of ether oxygens (including phenoxy) is 1. The predicted molar refractivity (Wildman–Crippen MR) is 104 cm³/mol. The summed E-state index contributed by atoms with van der Waals surface area (Å²) in [6.45, 7) is 2.37. The van der Waals surface area contributed by atoms with Gasteiger partial charge in [0.05, 0.1) is 19.0 Å². The van der Waals surface area contributed by atoms with Crippen LogP contribution in [0, 0.1) is 0 Å². The van der Waals surface area contributed by atoms with Crippen LogP contribution < -0.4 is 9.97 Å². The van der Waals surface area contributed by atoms with Gasteiger partial charge < -0.3 is 19.7 Å². The van der Waals surface area contributed by atoms with E-state index < -0.39 is 19.0 Å². The SMILES string of the molecule is CCCCOC(=O)c1cccc2c1OB(O)[C@@H](NC(=O)Cc1cccs1)C2. The highest BCUT2D eigenvalue weighted by molar-refractivity contribution is 7.10. The van der Waals surface area contributed by atoms with E-state index in [1.165, 1.54) is 11.3 Å². The van der Waals surface area contributed by atoms with Crippen LogP contribution in [-0.4, -0.2) is 36.6 Å². The summed E-state index contributed by atoms with van der Waals surface area (Å²) < 4.78 is 10.8. The first-order valence-corrected chi connectivity index (χ1v) is 9.92. The average Bonchev–Trinajstić information content (AvgIpc) is 3.15. The van der Waals surface area contributed by atoms with Crippen molar-refractivity contribution in [2.75, 3.05) is 6.61 Å². The van der Waals surface area contributed by atoms with E-state index in [4.69, 9.17) is 9.39 Å². The summed E-state index contributed by atoms with van der Waals surface area (Å²) in [4.78, 5) is 25.5. The molecule has 0 fully saturated rings. The maximum absolute atomic E-state index is 12.3. The van der Waals surface area contributed by atoms with Crippen LogP contribution in [-0.2, 0) is 22.4 Å². The normalized spacial score (nSPS) is 15.6. The Morgan fingerprint density at radius 1 is 1.37 bits per heavy atom. The summed E-state index contributed by atoms with van der Waals surface area (Å²) >= 11 is 1.51. The number of unbranched alkanes of at least 4 members (excludes halogenated alkanes) is 1. The van der Waals surface area contributed by atoms with Crippen molar-refractivity contribution in [2.45, 2.75) is 38.5 Å². The van der Waals surface area contributed by atoms with Crippen molar-refractivity contribution < 1.29 is 24.0 Å². The summed E-state index contributed by atoms with van der Waals surface area (Å²) in [6, 6.07) is 8.98. The number of hydrogen-bond acceptors (Lipinski definition) is 6. The summed E-state index contributed by atoms with van der Waals surface area (Å²) in [5.74, 6) is -0.886. The van der Waals surface area contributed by atoms with Crippen molar-refractivity contribution in [1.29, 1.82) is 0 Å². The molecule has 1 aromatic carbocycles. The monoisotopic (exact) mass is 387 g/mol. The minimum atomic E-state index is -1.23. The van der Waals surface area contributed by atoms with Crippen molar-refractivity contribution in [2.24, 2.45) is 0 Å². The van der Waals surface area contributed by atoms with E-state index in [1.807, 2.05) is 30.5 Å². The van der Waals surface area contributed by atoms with E-state index in [0.717, 1.165) is 23.3 Å². The van der Waals surface area contributed by atoms with Gasteiger partial charge in [0.15, 0.2) is 0 Å². The minimum absolute atomic E-state index is 0.177. The third-order valence-corrected chi connectivity index (χ3v) is 5.21. The summed E-state index contributed by atoms with van der Waals surface area (Å²) in [5, 5.41) is 15.1. The number of thiophene rings is 1. The highest BCUT2D eigenvalue weighted by atomic mass is 32.1. The van der Waals surface area contributed by atoms with Gasteiger partial charge in [-0.15, -0.1) is 11.3 Å². The van der Waals surface area contributed by atoms with Gasteiger partial charge in [0.2, 0.25) is 5.91 Å². The zero-order valence-electron chi connectivity index (χ0n) is 15.1. The van der Waals surface area contributed by atoms with Gasteiger partial charge in [-0.3, -0.25) is 4.79 Å². The third kappa shape index (κ3) is 4.90. The van der Waals surface area contributed by atoms with Crippen molar-refractivity contribution in [3.8, 4) is 5.75 Å². The van der Waals surface area contributed by atoms with E-state index in [0.29, 0.717) is 24.3 Å². The average molecular weight is 387 g/mol.